The van der Waals surface area contributed by atoms with Crippen LogP contribution >= 0.6 is 0 Å². The first-order chi connectivity index (χ1) is 9.83. The number of fused-ring (bicyclic) bond motifs is 1. The Morgan fingerprint density at radius 3 is 3.00 bits per heavy atom. The number of rotatable bonds is 7. The van der Waals surface area contributed by atoms with Gasteiger partial charge in [0.2, 0.25) is 0 Å². The van der Waals surface area contributed by atoms with Crippen LogP contribution in [0.5, 0.6) is 0 Å². The fourth-order valence-corrected chi connectivity index (χ4v) is 2.15. The predicted octanol–water partition coefficient (Wildman–Crippen LogP) is 3.85. The summed E-state index contributed by atoms with van der Waals surface area (Å²) in [5.74, 6) is -0.174. The van der Waals surface area contributed by atoms with Crippen LogP contribution in [0.4, 0.5) is 0 Å². The SMILES string of the molecule is CCCCCC/C=N/NC(=O)c1c[nH]c2ccccc12. The Kier molecular flexibility index (Phi) is 5.35. The van der Waals surface area contributed by atoms with E-state index in [-0.39, 0.29) is 5.91 Å². The molecule has 0 saturated heterocycles. The van der Waals surface area contributed by atoms with Gasteiger partial charge in [0.15, 0.2) is 0 Å². The lowest BCUT2D eigenvalue weighted by Gasteiger charge is -1.98. The van der Waals surface area contributed by atoms with Crippen molar-refractivity contribution in [3.63, 3.8) is 0 Å². The third kappa shape index (κ3) is 3.70. The van der Waals surface area contributed by atoms with Crippen molar-refractivity contribution in [3.8, 4) is 0 Å². The summed E-state index contributed by atoms with van der Waals surface area (Å²) in [6, 6.07) is 7.73. The smallest absolute Gasteiger partial charge is 0.273 e. The van der Waals surface area contributed by atoms with Gasteiger partial charge in [0.1, 0.15) is 0 Å². The molecule has 20 heavy (non-hydrogen) atoms. The van der Waals surface area contributed by atoms with Gasteiger partial charge < -0.3 is 4.98 Å². The Bertz CT molecular complexity index is 586. The first kappa shape index (κ1) is 14.3. The number of amides is 1. The van der Waals surface area contributed by atoms with E-state index in [0.717, 1.165) is 23.7 Å². The Balaban J connectivity index is 1.84. The van der Waals surface area contributed by atoms with Crippen LogP contribution in [0.1, 0.15) is 49.4 Å². The lowest BCUT2D eigenvalue weighted by molar-refractivity contribution is 0.0956. The maximum atomic E-state index is 12.0. The molecule has 2 aromatic rings. The summed E-state index contributed by atoms with van der Waals surface area (Å²) in [5, 5.41) is 4.91. The average molecular weight is 271 g/mol. The van der Waals surface area contributed by atoms with Crippen molar-refractivity contribution in [3.05, 3.63) is 36.0 Å². The van der Waals surface area contributed by atoms with Gasteiger partial charge >= 0.3 is 0 Å². The molecule has 0 unspecified atom stereocenters. The first-order valence-corrected chi connectivity index (χ1v) is 7.21. The number of aromatic amines is 1. The van der Waals surface area contributed by atoms with Crippen molar-refractivity contribution < 1.29 is 4.79 Å². The van der Waals surface area contributed by atoms with E-state index in [4.69, 9.17) is 0 Å². The summed E-state index contributed by atoms with van der Waals surface area (Å²) < 4.78 is 0. The van der Waals surface area contributed by atoms with E-state index in [0.29, 0.717) is 5.56 Å². The third-order valence-electron chi connectivity index (χ3n) is 3.28. The van der Waals surface area contributed by atoms with E-state index in [1.54, 1.807) is 12.4 Å². The molecule has 0 saturated carbocycles. The number of aromatic nitrogens is 1. The maximum absolute atomic E-state index is 12.0. The average Bonchev–Trinajstić information content (AvgIpc) is 2.90. The molecule has 0 radical (unpaired) electrons. The number of hydrogen-bond acceptors (Lipinski definition) is 2. The Labute approximate surface area is 119 Å². The van der Waals surface area contributed by atoms with E-state index >= 15 is 0 Å². The quantitative estimate of drug-likeness (QED) is 0.448. The summed E-state index contributed by atoms with van der Waals surface area (Å²) in [4.78, 5) is 15.1. The molecule has 2 rings (SSSR count). The molecule has 1 heterocycles. The molecule has 0 spiro atoms. The first-order valence-electron chi connectivity index (χ1n) is 7.21. The van der Waals surface area contributed by atoms with Gasteiger partial charge in [-0.25, -0.2) is 5.43 Å². The number of unbranched alkanes of at least 4 members (excludes halogenated alkanes) is 4. The Morgan fingerprint density at radius 1 is 1.30 bits per heavy atom. The number of nitrogens with one attached hydrogen (secondary N) is 2. The minimum Gasteiger partial charge on any atom is -0.360 e. The number of carbonyl (C=O) groups is 1. The number of benzene rings is 1. The fraction of sp³-hybridized carbons (Fsp3) is 0.375. The molecular formula is C16H21N3O. The second kappa shape index (κ2) is 7.48. The zero-order valence-corrected chi connectivity index (χ0v) is 11.9. The molecule has 106 valence electrons. The van der Waals surface area contributed by atoms with Gasteiger partial charge in [-0.15, -0.1) is 0 Å². The summed E-state index contributed by atoms with van der Waals surface area (Å²) in [6.45, 7) is 2.19. The van der Waals surface area contributed by atoms with E-state index in [2.05, 4.69) is 22.4 Å². The molecule has 0 atom stereocenters. The summed E-state index contributed by atoms with van der Waals surface area (Å²) in [6.07, 6.45) is 9.25. The molecule has 0 aliphatic rings. The monoisotopic (exact) mass is 271 g/mol. The number of H-pyrrole nitrogens is 1. The lowest BCUT2D eigenvalue weighted by atomic mass is 10.2. The van der Waals surface area contributed by atoms with Gasteiger partial charge in [-0.05, 0) is 18.9 Å². The van der Waals surface area contributed by atoms with Crippen molar-refractivity contribution >= 4 is 23.0 Å². The summed E-state index contributed by atoms with van der Waals surface area (Å²) >= 11 is 0. The van der Waals surface area contributed by atoms with Crippen LogP contribution in [-0.4, -0.2) is 17.1 Å². The lowest BCUT2D eigenvalue weighted by Crippen LogP contribution is -2.17. The van der Waals surface area contributed by atoms with Gasteiger partial charge in [0, 0.05) is 23.3 Å². The molecule has 0 bridgehead atoms. The van der Waals surface area contributed by atoms with Gasteiger partial charge in [-0.1, -0.05) is 44.4 Å². The van der Waals surface area contributed by atoms with Gasteiger partial charge in [0.05, 0.1) is 5.56 Å². The van der Waals surface area contributed by atoms with Crippen molar-refractivity contribution in [2.75, 3.05) is 0 Å². The Hall–Kier alpha value is -2.10. The topological polar surface area (TPSA) is 57.2 Å². The fourth-order valence-electron chi connectivity index (χ4n) is 2.15. The second-order valence-electron chi connectivity index (χ2n) is 4.85. The molecule has 1 aromatic heterocycles. The zero-order valence-electron chi connectivity index (χ0n) is 11.9. The largest absolute Gasteiger partial charge is 0.360 e. The van der Waals surface area contributed by atoms with Gasteiger partial charge in [-0.3, -0.25) is 4.79 Å². The number of hydrogen-bond donors (Lipinski definition) is 2. The molecule has 1 aromatic carbocycles. The van der Waals surface area contributed by atoms with Gasteiger partial charge in [-0.2, -0.15) is 5.10 Å². The van der Waals surface area contributed by atoms with Crippen LogP contribution in [0.2, 0.25) is 0 Å². The van der Waals surface area contributed by atoms with E-state index < -0.39 is 0 Å². The van der Waals surface area contributed by atoms with Crippen molar-refractivity contribution in [2.45, 2.75) is 39.0 Å². The molecular weight excluding hydrogens is 250 g/mol. The van der Waals surface area contributed by atoms with Crippen LogP contribution in [0, 0.1) is 0 Å². The van der Waals surface area contributed by atoms with Crippen LogP contribution in [-0.2, 0) is 0 Å². The second-order valence-corrected chi connectivity index (χ2v) is 4.85. The minimum atomic E-state index is -0.174. The Morgan fingerprint density at radius 2 is 2.15 bits per heavy atom. The molecule has 0 fully saturated rings. The molecule has 1 amide bonds. The summed E-state index contributed by atoms with van der Waals surface area (Å²) in [5.41, 5.74) is 4.17. The zero-order chi connectivity index (χ0) is 14.2. The molecule has 0 aliphatic heterocycles. The van der Waals surface area contributed by atoms with Crippen LogP contribution in [0.15, 0.2) is 35.6 Å². The van der Waals surface area contributed by atoms with E-state index in [9.17, 15) is 4.79 Å². The third-order valence-corrected chi connectivity index (χ3v) is 3.28. The number of nitrogens with zero attached hydrogens (tertiary/aromatic N) is 1. The normalized spacial score (nSPS) is 11.2. The highest BCUT2D eigenvalue weighted by Crippen LogP contribution is 2.17. The van der Waals surface area contributed by atoms with Gasteiger partial charge in [0.25, 0.3) is 5.91 Å². The molecule has 4 nitrogen and oxygen atoms in total. The highest BCUT2D eigenvalue weighted by molar-refractivity contribution is 6.06. The molecule has 0 aliphatic carbocycles. The number of carbonyl (C=O) groups excluding carboxylic acids is 1. The predicted molar refractivity (Wildman–Crippen MR) is 83.0 cm³/mol. The van der Waals surface area contributed by atoms with Crippen molar-refractivity contribution in [1.82, 2.24) is 10.4 Å². The molecule has 2 N–H and O–H groups in total. The van der Waals surface area contributed by atoms with Crippen molar-refractivity contribution in [1.29, 1.82) is 0 Å². The standard InChI is InChI=1S/C16H21N3O/c1-2-3-4-5-8-11-18-19-16(20)14-12-17-15-10-7-6-9-13(14)15/h6-7,9-12,17H,2-5,8H2,1H3,(H,19,20)/b18-11+. The highest BCUT2D eigenvalue weighted by Gasteiger charge is 2.10. The minimum absolute atomic E-state index is 0.174. The summed E-state index contributed by atoms with van der Waals surface area (Å²) in [7, 11) is 0. The number of para-hydroxylation sites is 1. The molecule has 4 heteroatoms. The van der Waals surface area contributed by atoms with E-state index in [1.807, 2.05) is 24.3 Å². The van der Waals surface area contributed by atoms with Crippen LogP contribution in [0.3, 0.4) is 0 Å². The highest BCUT2D eigenvalue weighted by atomic mass is 16.2. The number of hydrazone groups is 1. The van der Waals surface area contributed by atoms with E-state index in [1.165, 1.54) is 19.3 Å². The maximum Gasteiger partial charge on any atom is 0.273 e. The van der Waals surface area contributed by atoms with Crippen LogP contribution < -0.4 is 5.43 Å². The van der Waals surface area contributed by atoms with Crippen molar-refractivity contribution in [2.24, 2.45) is 5.10 Å². The van der Waals surface area contributed by atoms with Crippen LogP contribution in [0.25, 0.3) is 10.9 Å².